The zero-order chi connectivity index (χ0) is 14.5. The van der Waals surface area contributed by atoms with Crippen LogP contribution in [-0.2, 0) is 9.63 Å². The van der Waals surface area contributed by atoms with Gasteiger partial charge in [-0.3, -0.25) is 9.63 Å². The van der Waals surface area contributed by atoms with Crippen LogP contribution in [0.1, 0.15) is 31.6 Å². The van der Waals surface area contributed by atoms with Crippen LogP contribution < -0.4 is 5.73 Å². The first-order valence-corrected chi connectivity index (χ1v) is 7.59. The lowest BCUT2D eigenvalue weighted by molar-refractivity contribution is -0.180. The first-order chi connectivity index (χ1) is 9.65. The van der Waals surface area contributed by atoms with E-state index >= 15 is 0 Å². The number of fused-ring (bicyclic) bond motifs is 1. The molecule has 0 radical (unpaired) electrons. The second-order valence-corrected chi connectivity index (χ2v) is 5.39. The van der Waals surface area contributed by atoms with Gasteiger partial charge in [-0.25, -0.2) is 10.1 Å². The van der Waals surface area contributed by atoms with Crippen LogP contribution in [0.3, 0.4) is 0 Å². The molecule has 0 saturated heterocycles. The van der Waals surface area contributed by atoms with Crippen molar-refractivity contribution in [1.82, 2.24) is 5.06 Å². The van der Waals surface area contributed by atoms with Gasteiger partial charge in [0.15, 0.2) is 0 Å². The molecule has 0 bridgehead atoms. The highest BCUT2D eigenvalue weighted by molar-refractivity contribution is 7.11. The number of amides is 1. The monoisotopic (exact) mass is 293 g/mol. The largest absolute Gasteiger partial charge is 0.387 e. The number of thiophene rings is 1. The summed E-state index contributed by atoms with van der Waals surface area (Å²) in [5.41, 5.74) is 7.33. The molecule has 0 saturated carbocycles. The summed E-state index contributed by atoms with van der Waals surface area (Å²) in [5.74, 6) is 0.322. The van der Waals surface area contributed by atoms with E-state index in [1.54, 1.807) is 11.3 Å². The highest BCUT2D eigenvalue weighted by atomic mass is 32.1. The SMILES string of the molecule is CCCN(OCC)C(=O)C1=Cc2sccc2N=C(N)C1. The molecule has 20 heavy (non-hydrogen) atoms. The number of hydrogen-bond acceptors (Lipinski definition) is 5. The summed E-state index contributed by atoms with van der Waals surface area (Å²) < 4.78 is 0. The number of nitrogens with zero attached hydrogens (tertiary/aromatic N) is 2. The van der Waals surface area contributed by atoms with E-state index in [0.717, 1.165) is 17.0 Å². The average molecular weight is 293 g/mol. The van der Waals surface area contributed by atoms with E-state index in [1.165, 1.54) is 5.06 Å². The number of hydroxylamine groups is 2. The van der Waals surface area contributed by atoms with Gasteiger partial charge in [-0.2, -0.15) is 0 Å². The van der Waals surface area contributed by atoms with Crippen LogP contribution in [-0.4, -0.2) is 30.0 Å². The van der Waals surface area contributed by atoms with E-state index in [1.807, 2.05) is 31.4 Å². The summed E-state index contributed by atoms with van der Waals surface area (Å²) in [6.07, 6.45) is 3.06. The molecular weight excluding hydrogens is 274 g/mol. The fourth-order valence-corrected chi connectivity index (χ4v) is 2.78. The lowest BCUT2D eigenvalue weighted by Crippen LogP contribution is -2.34. The van der Waals surface area contributed by atoms with Crippen molar-refractivity contribution in [1.29, 1.82) is 0 Å². The quantitative estimate of drug-likeness (QED) is 0.849. The number of rotatable bonds is 5. The fourth-order valence-electron chi connectivity index (χ4n) is 1.99. The van der Waals surface area contributed by atoms with Crippen LogP contribution in [0, 0.1) is 0 Å². The molecule has 108 valence electrons. The van der Waals surface area contributed by atoms with Gasteiger partial charge in [0, 0.05) is 18.5 Å². The predicted octanol–water partition coefficient (Wildman–Crippen LogP) is 2.71. The summed E-state index contributed by atoms with van der Waals surface area (Å²) >= 11 is 1.55. The van der Waals surface area contributed by atoms with E-state index in [0.29, 0.717) is 31.0 Å². The average Bonchev–Trinajstić information content (AvgIpc) is 2.77. The maximum Gasteiger partial charge on any atom is 0.273 e. The number of amidine groups is 1. The molecule has 1 aliphatic heterocycles. The number of nitrogens with two attached hydrogens (primary N) is 1. The van der Waals surface area contributed by atoms with E-state index in [2.05, 4.69) is 4.99 Å². The van der Waals surface area contributed by atoms with E-state index < -0.39 is 0 Å². The highest BCUT2D eigenvalue weighted by Crippen LogP contribution is 2.31. The van der Waals surface area contributed by atoms with Crippen LogP contribution in [0.4, 0.5) is 5.69 Å². The normalized spacial score (nSPS) is 14.1. The smallest absolute Gasteiger partial charge is 0.273 e. The Balaban J connectivity index is 2.27. The topological polar surface area (TPSA) is 67.9 Å². The predicted molar refractivity (Wildman–Crippen MR) is 81.8 cm³/mol. The summed E-state index contributed by atoms with van der Waals surface area (Å²) in [5, 5.41) is 3.36. The second kappa shape index (κ2) is 6.67. The number of aliphatic imine (C=N–C) groups is 1. The molecule has 2 rings (SSSR count). The minimum Gasteiger partial charge on any atom is -0.387 e. The van der Waals surface area contributed by atoms with Gasteiger partial charge >= 0.3 is 0 Å². The molecule has 0 aromatic carbocycles. The first kappa shape index (κ1) is 14.7. The maximum atomic E-state index is 12.5. The Kier molecular flexibility index (Phi) is 4.92. The molecule has 5 nitrogen and oxygen atoms in total. The van der Waals surface area contributed by atoms with Crippen molar-refractivity contribution in [2.24, 2.45) is 10.7 Å². The van der Waals surface area contributed by atoms with Crippen molar-refractivity contribution >= 4 is 34.8 Å². The molecular formula is C14H19N3O2S. The van der Waals surface area contributed by atoms with Gasteiger partial charge in [-0.1, -0.05) is 6.92 Å². The molecule has 0 aliphatic carbocycles. The molecule has 6 heteroatoms. The van der Waals surface area contributed by atoms with Crippen LogP contribution >= 0.6 is 11.3 Å². The van der Waals surface area contributed by atoms with Crippen LogP contribution in [0.25, 0.3) is 6.08 Å². The van der Waals surface area contributed by atoms with Crippen molar-refractivity contribution in [2.75, 3.05) is 13.2 Å². The van der Waals surface area contributed by atoms with Crippen molar-refractivity contribution in [2.45, 2.75) is 26.7 Å². The standard InChI is InChI=1S/C14H19N3O2S/c1-3-6-17(19-4-2)14(18)10-8-12-11(5-7-20-12)16-13(15)9-10/h5,7-8H,3-4,6,9H2,1-2H3,(H2,15,16). The molecule has 1 amide bonds. The zero-order valence-corrected chi connectivity index (χ0v) is 12.6. The lowest BCUT2D eigenvalue weighted by atomic mass is 10.1. The van der Waals surface area contributed by atoms with Crippen LogP contribution in [0.15, 0.2) is 22.0 Å². The van der Waals surface area contributed by atoms with Gasteiger partial charge in [-0.05, 0) is 30.9 Å². The summed E-state index contributed by atoms with van der Waals surface area (Å²) in [6.45, 7) is 4.91. The molecule has 2 heterocycles. The Morgan fingerprint density at radius 3 is 3.05 bits per heavy atom. The molecule has 0 spiro atoms. The van der Waals surface area contributed by atoms with Gasteiger partial charge in [0.05, 0.1) is 17.2 Å². The number of carbonyl (C=O) groups is 1. The van der Waals surface area contributed by atoms with Crippen molar-refractivity contribution in [3.63, 3.8) is 0 Å². The Morgan fingerprint density at radius 2 is 2.35 bits per heavy atom. The van der Waals surface area contributed by atoms with E-state index in [-0.39, 0.29) is 5.91 Å². The molecule has 1 aromatic heterocycles. The second-order valence-electron chi connectivity index (χ2n) is 4.44. The molecule has 1 aromatic rings. The summed E-state index contributed by atoms with van der Waals surface area (Å²) in [6, 6.07) is 1.91. The minimum atomic E-state index is -0.131. The number of hydrogen-bond donors (Lipinski definition) is 1. The molecule has 0 unspecified atom stereocenters. The summed E-state index contributed by atoms with van der Waals surface area (Å²) in [7, 11) is 0. The molecule has 0 fully saturated rings. The van der Waals surface area contributed by atoms with Crippen molar-refractivity contribution in [3.05, 3.63) is 21.9 Å². The third-order valence-electron chi connectivity index (χ3n) is 2.83. The molecule has 0 atom stereocenters. The molecule has 2 N–H and O–H groups in total. The lowest BCUT2D eigenvalue weighted by Gasteiger charge is -2.21. The first-order valence-electron chi connectivity index (χ1n) is 6.71. The zero-order valence-electron chi connectivity index (χ0n) is 11.8. The third-order valence-corrected chi connectivity index (χ3v) is 3.68. The van der Waals surface area contributed by atoms with Crippen molar-refractivity contribution in [3.8, 4) is 0 Å². The van der Waals surface area contributed by atoms with Gasteiger partial charge in [0.2, 0.25) is 0 Å². The highest BCUT2D eigenvalue weighted by Gasteiger charge is 2.22. The summed E-state index contributed by atoms with van der Waals surface area (Å²) in [4.78, 5) is 23.2. The number of carbonyl (C=O) groups excluding carboxylic acids is 1. The van der Waals surface area contributed by atoms with Crippen LogP contribution in [0.2, 0.25) is 0 Å². The Labute approximate surface area is 122 Å². The van der Waals surface area contributed by atoms with E-state index in [9.17, 15) is 4.79 Å². The Morgan fingerprint density at radius 1 is 1.55 bits per heavy atom. The van der Waals surface area contributed by atoms with Gasteiger partial charge in [-0.15, -0.1) is 11.3 Å². The van der Waals surface area contributed by atoms with Crippen molar-refractivity contribution < 1.29 is 9.63 Å². The molecule has 1 aliphatic rings. The van der Waals surface area contributed by atoms with Gasteiger partial charge in [0.25, 0.3) is 5.91 Å². The van der Waals surface area contributed by atoms with Crippen LogP contribution in [0.5, 0.6) is 0 Å². The third kappa shape index (κ3) is 3.26. The Hall–Kier alpha value is -1.66. The van der Waals surface area contributed by atoms with Gasteiger partial charge < -0.3 is 5.73 Å². The minimum absolute atomic E-state index is 0.131. The maximum absolute atomic E-state index is 12.5. The van der Waals surface area contributed by atoms with Gasteiger partial charge in [0.1, 0.15) is 5.84 Å². The fraction of sp³-hybridized carbons (Fsp3) is 0.429. The van der Waals surface area contributed by atoms with E-state index in [4.69, 9.17) is 10.6 Å². The Bertz CT molecular complexity index is 542.